The molecule has 0 radical (unpaired) electrons. The first-order chi connectivity index (χ1) is 35.9. The topological polar surface area (TPSA) is 16.8 Å². The Hall–Kier alpha value is -7.22. The van der Waals surface area contributed by atoms with Crippen LogP contribution in [0, 0.1) is 20.8 Å². The van der Waals surface area contributed by atoms with Gasteiger partial charge >= 0.3 is 49.4 Å². The van der Waals surface area contributed by atoms with Crippen LogP contribution in [0.1, 0.15) is 66.8 Å². The fourth-order valence-corrected chi connectivity index (χ4v) is 9.11. The molecule has 6 aromatic carbocycles. The predicted molar refractivity (Wildman–Crippen MR) is 240 cm³/mol. The Kier molecular flexibility index (Phi) is 16.3. The summed E-state index contributed by atoms with van der Waals surface area (Å²) in [6.45, 7) is 7.31. The van der Waals surface area contributed by atoms with Gasteiger partial charge in [-0.1, -0.05) is 96.6 Å². The Morgan fingerprint density at radius 2 is 0.633 bits per heavy atom. The first-order valence-electron chi connectivity index (χ1n) is 22.2. The number of hydrogen-bond donors (Lipinski definition) is 0. The van der Waals surface area contributed by atoms with Crippen molar-refractivity contribution in [3.05, 3.63) is 201 Å². The molecule has 1 heterocycles. The number of aromatic nitrogens is 2. The highest BCUT2D eigenvalue weighted by atomic mass is 19.4. The summed E-state index contributed by atoms with van der Waals surface area (Å²) in [4.78, 5) is 4.58. The third-order valence-electron chi connectivity index (χ3n) is 12.3. The molecular formula is C52H33BF24N2. The molecule has 27 heteroatoms. The van der Waals surface area contributed by atoms with Gasteiger partial charge in [0, 0.05) is 11.1 Å². The SMILES string of the molecule is Cc1cc(C)c(-c2c[n+](Cc3ccccc3)ccn2)c(C)c1.FC(F)(F)c1cc([B-](c2cc(C(F)(F)F)cc(C(F)(F)F)c2)(c2cc(C(F)(F)F)cc(C(F)(F)F)c2)c2cc(C(F)(F)F)cc(C(F)(F)F)c2)cc(C(F)(F)F)c1. The molecule has 422 valence electrons. The van der Waals surface area contributed by atoms with Crippen LogP contribution in [-0.2, 0) is 56.0 Å². The van der Waals surface area contributed by atoms with Gasteiger partial charge < -0.3 is 0 Å². The quantitative estimate of drug-likeness (QED) is 0.0883. The van der Waals surface area contributed by atoms with Crippen LogP contribution in [0.2, 0.25) is 0 Å². The van der Waals surface area contributed by atoms with Crippen molar-refractivity contribution >= 4 is 28.0 Å². The van der Waals surface area contributed by atoms with Gasteiger partial charge in [0.1, 0.15) is 11.8 Å². The van der Waals surface area contributed by atoms with E-state index in [0.717, 1.165) is 12.2 Å². The van der Waals surface area contributed by atoms with Gasteiger partial charge in [-0.15, -0.1) is 0 Å². The van der Waals surface area contributed by atoms with E-state index in [1.165, 1.54) is 27.8 Å². The van der Waals surface area contributed by atoms with Crippen molar-refractivity contribution in [1.29, 1.82) is 0 Å². The molecule has 0 atom stereocenters. The van der Waals surface area contributed by atoms with Crippen molar-refractivity contribution in [3.8, 4) is 11.3 Å². The smallest absolute Gasteiger partial charge is 0.244 e. The van der Waals surface area contributed by atoms with E-state index >= 15 is 0 Å². The van der Waals surface area contributed by atoms with Crippen LogP contribution in [0.4, 0.5) is 105 Å². The van der Waals surface area contributed by atoms with Crippen molar-refractivity contribution in [2.45, 2.75) is 76.7 Å². The first-order valence-corrected chi connectivity index (χ1v) is 22.2. The van der Waals surface area contributed by atoms with E-state index in [-0.39, 0.29) is 0 Å². The standard InChI is InChI=1S/C32H12BF24.C20H21N2/c34-25(35,36)13-1-14(26(37,38)39)6-21(5-13)33(22-7-15(27(40,41)42)2-16(8-22)28(43,44)45,23-9-17(29(46,47)48)3-18(10-23)30(49,50)51)24-11-19(31(52,53)54)4-20(12-24)32(55,56)57;1-15-11-16(2)20(17(3)12-15)19-14-22(10-9-21-19)13-18-7-5-4-6-8-18/h1-12H;4-12,14H,13H2,1-3H3/q-1;+1. The van der Waals surface area contributed by atoms with Crippen LogP contribution >= 0.6 is 0 Å². The van der Waals surface area contributed by atoms with Gasteiger partial charge in [0.05, 0.1) is 50.7 Å². The largest absolute Gasteiger partial charge is 0.416 e. The molecule has 7 aromatic rings. The molecule has 0 fully saturated rings. The Labute approximate surface area is 430 Å². The summed E-state index contributed by atoms with van der Waals surface area (Å²) in [5.41, 5.74) is -22.8. The van der Waals surface area contributed by atoms with E-state index < -0.39 is 195 Å². The summed E-state index contributed by atoms with van der Waals surface area (Å²) in [6.07, 6.45) is -48.8. The van der Waals surface area contributed by atoms with E-state index in [0.29, 0.717) is 0 Å². The van der Waals surface area contributed by atoms with Gasteiger partial charge in [-0.3, -0.25) is 0 Å². The van der Waals surface area contributed by atoms with Gasteiger partial charge in [0.15, 0.2) is 18.9 Å². The molecule has 0 N–H and O–H groups in total. The number of hydrogen-bond acceptors (Lipinski definition) is 1. The molecule has 0 saturated heterocycles. The zero-order valence-electron chi connectivity index (χ0n) is 40.0. The average molecular weight is 1150 g/mol. The van der Waals surface area contributed by atoms with E-state index in [1.54, 1.807) is 0 Å². The maximum absolute atomic E-state index is 14.2. The number of nitrogens with zero attached hydrogens (tertiary/aromatic N) is 2. The summed E-state index contributed by atoms with van der Waals surface area (Å²) in [6, 6.07) is 6.13. The van der Waals surface area contributed by atoms with Gasteiger partial charge in [-0.2, -0.15) is 132 Å². The van der Waals surface area contributed by atoms with Crippen LogP contribution in [0.25, 0.3) is 11.3 Å². The lowest BCUT2D eigenvalue weighted by Gasteiger charge is -2.46. The van der Waals surface area contributed by atoms with Crippen molar-refractivity contribution in [3.63, 3.8) is 0 Å². The van der Waals surface area contributed by atoms with Crippen LogP contribution in [0.3, 0.4) is 0 Å². The fraction of sp³-hybridized carbons (Fsp3) is 0.231. The minimum absolute atomic E-state index is 0.691. The molecule has 2 nitrogen and oxygen atoms in total. The Morgan fingerprint density at radius 3 is 0.886 bits per heavy atom. The Bertz CT molecular complexity index is 2880. The molecule has 1 aromatic heterocycles. The molecule has 79 heavy (non-hydrogen) atoms. The highest BCUT2D eigenvalue weighted by Gasteiger charge is 2.47. The number of benzene rings is 6. The van der Waals surface area contributed by atoms with Crippen LogP contribution in [0.15, 0.2) is 134 Å². The van der Waals surface area contributed by atoms with E-state index in [1.807, 2.05) is 18.5 Å². The molecule has 0 aliphatic carbocycles. The molecule has 0 amide bonds. The Balaban J connectivity index is 0.000000378. The molecule has 0 bridgehead atoms. The lowest BCUT2D eigenvalue weighted by Crippen LogP contribution is -2.75. The monoisotopic (exact) mass is 1150 g/mol. The first kappa shape index (κ1) is 61.0. The summed E-state index contributed by atoms with van der Waals surface area (Å²) in [5, 5.41) is 0. The molecule has 0 saturated carbocycles. The van der Waals surface area contributed by atoms with Gasteiger partial charge in [0.25, 0.3) is 0 Å². The highest BCUT2D eigenvalue weighted by molar-refractivity contribution is 7.20. The average Bonchev–Trinajstić information content (AvgIpc) is 3.51. The fourth-order valence-electron chi connectivity index (χ4n) is 9.11. The van der Waals surface area contributed by atoms with Crippen LogP contribution in [-0.4, -0.2) is 11.1 Å². The molecule has 0 aliphatic heterocycles. The van der Waals surface area contributed by atoms with Gasteiger partial charge in [0.2, 0.25) is 0 Å². The zero-order valence-corrected chi connectivity index (χ0v) is 40.0. The van der Waals surface area contributed by atoms with Crippen LogP contribution in [0.5, 0.6) is 0 Å². The minimum Gasteiger partial charge on any atom is -0.244 e. The van der Waals surface area contributed by atoms with Crippen molar-refractivity contribution in [2.24, 2.45) is 0 Å². The number of aryl methyl sites for hydroxylation is 3. The second kappa shape index (κ2) is 21.1. The lowest BCUT2D eigenvalue weighted by molar-refractivity contribution is -0.688. The summed E-state index contributed by atoms with van der Waals surface area (Å²) < 4.78 is 343. The number of rotatable bonds is 7. The number of halogens is 24. The maximum atomic E-state index is 14.2. The summed E-state index contributed by atoms with van der Waals surface area (Å²) in [5.74, 6) is 0. The summed E-state index contributed by atoms with van der Waals surface area (Å²) in [7, 11) is 0. The van der Waals surface area contributed by atoms with E-state index in [2.05, 4.69) is 72.9 Å². The van der Waals surface area contributed by atoms with Gasteiger partial charge in [-0.25, -0.2) is 4.98 Å². The van der Waals surface area contributed by atoms with Crippen molar-refractivity contribution in [1.82, 2.24) is 4.98 Å². The third kappa shape index (κ3) is 14.0. The summed E-state index contributed by atoms with van der Waals surface area (Å²) >= 11 is 0. The highest BCUT2D eigenvalue weighted by Crippen LogP contribution is 2.41. The molecule has 7 rings (SSSR count). The Morgan fingerprint density at radius 1 is 0.367 bits per heavy atom. The van der Waals surface area contributed by atoms with E-state index in [9.17, 15) is 105 Å². The van der Waals surface area contributed by atoms with E-state index in [4.69, 9.17) is 0 Å². The lowest BCUT2D eigenvalue weighted by atomic mass is 9.12. The second-order valence-electron chi connectivity index (χ2n) is 18.1. The third-order valence-corrected chi connectivity index (χ3v) is 12.3. The predicted octanol–water partition coefficient (Wildman–Crippen LogP) is 15.2. The molecule has 0 spiro atoms. The second-order valence-corrected chi connectivity index (χ2v) is 18.1. The normalized spacial score (nSPS) is 13.3. The molecule has 0 unspecified atom stereocenters. The zero-order chi connectivity index (χ0) is 59.4. The molecule has 0 aliphatic rings. The maximum Gasteiger partial charge on any atom is 0.416 e. The minimum atomic E-state index is -6.13. The number of alkyl halides is 24. The molecular weight excluding hydrogens is 1120 g/mol. The van der Waals surface area contributed by atoms with Gasteiger partial charge in [-0.05, 0) is 56.2 Å². The van der Waals surface area contributed by atoms with Crippen LogP contribution < -0.4 is 26.4 Å². The van der Waals surface area contributed by atoms with Crippen molar-refractivity contribution < 1.29 is 110 Å². The van der Waals surface area contributed by atoms with Crippen molar-refractivity contribution in [2.75, 3.05) is 0 Å².